The lowest BCUT2D eigenvalue weighted by molar-refractivity contribution is -0.138. The second-order valence-corrected chi connectivity index (χ2v) is 7.38. The van der Waals surface area contributed by atoms with Gasteiger partial charge < -0.3 is 10.6 Å². The van der Waals surface area contributed by atoms with Crippen molar-refractivity contribution >= 4 is 29.9 Å². The zero-order valence-electron chi connectivity index (χ0n) is 13.6. The fraction of sp³-hybridized carbons (Fsp3) is 0.611. The number of nitrogens with zero attached hydrogens (tertiary/aromatic N) is 1. The molecule has 2 atom stereocenters. The molecule has 128 valence electrons. The summed E-state index contributed by atoms with van der Waals surface area (Å²) in [5, 5.41) is 0.724. The first-order valence-electron chi connectivity index (χ1n) is 8.34. The van der Waals surface area contributed by atoms with Gasteiger partial charge in [0.1, 0.15) is 0 Å². The Balaban J connectivity index is 0.00000192. The SMILES string of the molecule is CC1CC(CN)CN1C(=O)C1(c2ccc(Cl)cc2)CCCC1.Cl. The lowest BCUT2D eigenvalue weighted by Gasteiger charge is -2.35. The van der Waals surface area contributed by atoms with Crippen LogP contribution in [0.1, 0.15) is 44.6 Å². The van der Waals surface area contributed by atoms with Gasteiger partial charge in [0.2, 0.25) is 5.91 Å². The minimum absolute atomic E-state index is 0. The third-order valence-corrected chi connectivity index (χ3v) is 5.77. The molecule has 0 aromatic heterocycles. The van der Waals surface area contributed by atoms with Gasteiger partial charge in [-0.25, -0.2) is 0 Å². The molecule has 2 aliphatic rings. The lowest BCUT2D eigenvalue weighted by Crippen LogP contribution is -2.47. The Bertz CT molecular complexity index is 540. The van der Waals surface area contributed by atoms with Crippen molar-refractivity contribution in [3.8, 4) is 0 Å². The summed E-state index contributed by atoms with van der Waals surface area (Å²) < 4.78 is 0. The molecule has 5 heteroatoms. The highest BCUT2D eigenvalue weighted by atomic mass is 35.5. The van der Waals surface area contributed by atoms with E-state index in [0.717, 1.165) is 49.2 Å². The molecule has 1 aliphatic heterocycles. The van der Waals surface area contributed by atoms with E-state index in [1.165, 1.54) is 0 Å². The highest BCUT2D eigenvalue weighted by Crippen LogP contribution is 2.44. The quantitative estimate of drug-likeness (QED) is 0.895. The summed E-state index contributed by atoms with van der Waals surface area (Å²) in [6.07, 6.45) is 5.17. The summed E-state index contributed by atoms with van der Waals surface area (Å²) in [4.78, 5) is 15.5. The molecule has 0 bridgehead atoms. The summed E-state index contributed by atoms with van der Waals surface area (Å²) in [6, 6.07) is 8.17. The van der Waals surface area contributed by atoms with E-state index in [9.17, 15) is 4.79 Å². The third kappa shape index (κ3) is 3.38. The van der Waals surface area contributed by atoms with Crippen LogP contribution in [0.3, 0.4) is 0 Å². The van der Waals surface area contributed by atoms with Gasteiger partial charge in [-0.3, -0.25) is 4.79 Å². The lowest BCUT2D eigenvalue weighted by atomic mass is 9.77. The molecule has 1 aromatic carbocycles. The molecule has 0 radical (unpaired) electrons. The van der Waals surface area contributed by atoms with Crippen LogP contribution >= 0.6 is 24.0 Å². The maximum absolute atomic E-state index is 13.4. The molecule has 1 saturated carbocycles. The van der Waals surface area contributed by atoms with E-state index in [0.29, 0.717) is 24.4 Å². The normalized spacial score (nSPS) is 26.1. The van der Waals surface area contributed by atoms with Crippen LogP contribution in [0.15, 0.2) is 24.3 Å². The van der Waals surface area contributed by atoms with Gasteiger partial charge >= 0.3 is 0 Å². The number of likely N-dealkylation sites (tertiary alicyclic amines) is 1. The number of nitrogens with two attached hydrogens (primary N) is 1. The van der Waals surface area contributed by atoms with Gasteiger partial charge in [0.25, 0.3) is 0 Å². The molecule has 3 nitrogen and oxygen atoms in total. The van der Waals surface area contributed by atoms with Crippen LogP contribution in [0.25, 0.3) is 0 Å². The van der Waals surface area contributed by atoms with E-state index in [4.69, 9.17) is 17.3 Å². The van der Waals surface area contributed by atoms with Gasteiger partial charge in [0.15, 0.2) is 0 Å². The largest absolute Gasteiger partial charge is 0.339 e. The molecule has 1 heterocycles. The van der Waals surface area contributed by atoms with E-state index in [-0.39, 0.29) is 17.8 Å². The Morgan fingerprint density at radius 3 is 2.43 bits per heavy atom. The third-order valence-electron chi connectivity index (χ3n) is 5.52. The van der Waals surface area contributed by atoms with Gasteiger partial charge in [-0.15, -0.1) is 12.4 Å². The topological polar surface area (TPSA) is 46.3 Å². The molecule has 1 aliphatic carbocycles. The Morgan fingerprint density at radius 2 is 1.91 bits per heavy atom. The zero-order chi connectivity index (χ0) is 15.7. The highest BCUT2D eigenvalue weighted by molar-refractivity contribution is 6.30. The molecule has 3 rings (SSSR count). The summed E-state index contributed by atoms with van der Waals surface area (Å²) in [7, 11) is 0. The first-order valence-corrected chi connectivity index (χ1v) is 8.72. The van der Waals surface area contributed by atoms with Crippen molar-refractivity contribution < 1.29 is 4.79 Å². The van der Waals surface area contributed by atoms with Crippen LogP contribution < -0.4 is 5.73 Å². The van der Waals surface area contributed by atoms with Crippen molar-refractivity contribution in [2.24, 2.45) is 11.7 Å². The van der Waals surface area contributed by atoms with Crippen LogP contribution in [0.5, 0.6) is 0 Å². The molecular weight excluding hydrogens is 331 g/mol. The smallest absolute Gasteiger partial charge is 0.233 e. The Labute approximate surface area is 150 Å². The second kappa shape index (κ2) is 7.42. The fourth-order valence-corrected chi connectivity index (χ4v) is 4.37. The van der Waals surface area contributed by atoms with Crippen LogP contribution in [-0.2, 0) is 10.2 Å². The molecule has 2 N–H and O–H groups in total. The number of halogens is 2. The van der Waals surface area contributed by atoms with Crippen molar-refractivity contribution in [3.63, 3.8) is 0 Å². The molecule has 2 unspecified atom stereocenters. The first kappa shape index (κ1) is 18.6. The van der Waals surface area contributed by atoms with Crippen LogP contribution in [0, 0.1) is 5.92 Å². The van der Waals surface area contributed by atoms with Crippen molar-refractivity contribution in [1.82, 2.24) is 4.90 Å². The van der Waals surface area contributed by atoms with Crippen LogP contribution in [-0.4, -0.2) is 29.9 Å². The molecular formula is C18H26Cl2N2O. The van der Waals surface area contributed by atoms with Gasteiger partial charge in [-0.2, -0.15) is 0 Å². The molecule has 0 spiro atoms. The monoisotopic (exact) mass is 356 g/mol. The number of benzene rings is 1. The number of rotatable bonds is 3. The van der Waals surface area contributed by atoms with E-state index in [2.05, 4.69) is 11.8 Å². The summed E-state index contributed by atoms with van der Waals surface area (Å²) in [6.45, 7) is 3.63. The van der Waals surface area contributed by atoms with Crippen molar-refractivity contribution in [3.05, 3.63) is 34.9 Å². The van der Waals surface area contributed by atoms with Crippen molar-refractivity contribution in [1.29, 1.82) is 0 Å². The van der Waals surface area contributed by atoms with Crippen molar-refractivity contribution in [2.75, 3.05) is 13.1 Å². The van der Waals surface area contributed by atoms with Gasteiger partial charge in [0.05, 0.1) is 5.41 Å². The second-order valence-electron chi connectivity index (χ2n) is 6.94. The minimum atomic E-state index is -0.345. The Morgan fingerprint density at radius 1 is 1.30 bits per heavy atom. The number of amides is 1. The molecule has 23 heavy (non-hydrogen) atoms. The molecule has 1 aromatic rings. The Kier molecular flexibility index (Phi) is 5.99. The molecule has 1 saturated heterocycles. The predicted octanol–water partition coefficient (Wildman–Crippen LogP) is 3.77. The van der Waals surface area contributed by atoms with E-state index in [1.807, 2.05) is 24.3 Å². The average molecular weight is 357 g/mol. The standard InChI is InChI=1S/C18H25ClN2O.ClH/c1-13-10-14(11-20)12-21(13)17(22)18(8-2-3-9-18)15-4-6-16(19)7-5-15;/h4-7,13-14H,2-3,8-12,20H2,1H3;1H. The number of carbonyl (C=O) groups excluding carboxylic acids is 1. The number of hydrogen-bond donors (Lipinski definition) is 1. The predicted molar refractivity (Wildman–Crippen MR) is 97.2 cm³/mol. The zero-order valence-corrected chi connectivity index (χ0v) is 15.2. The van der Waals surface area contributed by atoms with E-state index in [1.54, 1.807) is 0 Å². The number of carbonyl (C=O) groups is 1. The van der Waals surface area contributed by atoms with Gasteiger partial charge in [-0.1, -0.05) is 36.6 Å². The summed E-state index contributed by atoms with van der Waals surface area (Å²) in [5.41, 5.74) is 6.60. The summed E-state index contributed by atoms with van der Waals surface area (Å²) >= 11 is 6.02. The molecule has 1 amide bonds. The first-order chi connectivity index (χ1) is 10.6. The van der Waals surface area contributed by atoms with Crippen molar-refractivity contribution in [2.45, 2.75) is 50.5 Å². The summed E-state index contributed by atoms with van der Waals surface area (Å²) in [5.74, 6) is 0.749. The van der Waals surface area contributed by atoms with Gasteiger partial charge in [0, 0.05) is 17.6 Å². The Hall–Kier alpha value is -0.770. The van der Waals surface area contributed by atoms with Gasteiger partial charge in [-0.05, 0) is 56.3 Å². The highest BCUT2D eigenvalue weighted by Gasteiger charge is 2.47. The van der Waals surface area contributed by atoms with E-state index < -0.39 is 0 Å². The number of hydrogen-bond acceptors (Lipinski definition) is 2. The van der Waals surface area contributed by atoms with E-state index >= 15 is 0 Å². The fourth-order valence-electron chi connectivity index (χ4n) is 4.24. The average Bonchev–Trinajstić information content (AvgIpc) is 3.15. The molecule has 2 fully saturated rings. The van der Waals surface area contributed by atoms with Crippen LogP contribution in [0.2, 0.25) is 5.02 Å². The maximum Gasteiger partial charge on any atom is 0.233 e. The maximum atomic E-state index is 13.4. The van der Waals surface area contributed by atoms with Crippen LogP contribution in [0.4, 0.5) is 0 Å². The minimum Gasteiger partial charge on any atom is -0.339 e.